The summed E-state index contributed by atoms with van der Waals surface area (Å²) in [6.07, 6.45) is 0. The molecule has 11 heteroatoms. The number of nitrogens with zero attached hydrogens (tertiary/aromatic N) is 1. The number of anilines is 1. The standard InChI is InChI=1S/C18H14BrCl2FN4O3/c19-12-2-1-8(6-24-18(28)15-17(21)26-13(7-27)25-15)14(22)16(12)29-11-4-9(20)3-10(23)5-11/h1-5,27H,6-7,23H2,(H,24,28)(H,25,26). The molecule has 0 aliphatic rings. The van der Waals surface area contributed by atoms with Crippen LogP contribution in [-0.4, -0.2) is 21.0 Å². The second-order valence-corrected chi connectivity index (χ2v) is 7.51. The molecule has 0 saturated carbocycles. The van der Waals surface area contributed by atoms with Crippen LogP contribution in [0.5, 0.6) is 11.5 Å². The van der Waals surface area contributed by atoms with E-state index in [0.29, 0.717) is 15.2 Å². The fourth-order valence-electron chi connectivity index (χ4n) is 2.45. The number of nitrogen functional groups attached to an aromatic ring is 1. The lowest BCUT2D eigenvalue weighted by Gasteiger charge is -2.13. The average Bonchev–Trinajstić information content (AvgIpc) is 3.04. The number of aromatic nitrogens is 2. The van der Waals surface area contributed by atoms with Gasteiger partial charge >= 0.3 is 0 Å². The molecule has 0 radical (unpaired) electrons. The number of benzene rings is 2. The first kappa shape index (κ1) is 21.4. The van der Waals surface area contributed by atoms with Gasteiger partial charge in [-0.2, -0.15) is 0 Å². The van der Waals surface area contributed by atoms with Crippen molar-refractivity contribution in [3.63, 3.8) is 0 Å². The van der Waals surface area contributed by atoms with Gasteiger partial charge in [-0.1, -0.05) is 29.3 Å². The summed E-state index contributed by atoms with van der Waals surface area (Å²) in [7, 11) is 0. The molecule has 1 aromatic heterocycles. The van der Waals surface area contributed by atoms with Crippen LogP contribution in [0.3, 0.4) is 0 Å². The summed E-state index contributed by atoms with van der Waals surface area (Å²) < 4.78 is 20.9. The number of aliphatic hydroxyl groups is 1. The Morgan fingerprint density at radius 1 is 1.34 bits per heavy atom. The highest BCUT2D eigenvalue weighted by atomic mass is 79.9. The number of amides is 1. The van der Waals surface area contributed by atoms with E-state index in [-0.39, 0.29) is 40.3 Å². The molecule has 0 unspecified atom stereocenters. The van der Waals surface area contributed by atoms with E-state index < -0.39 is 18.3 Å². The maximum absolute atomic E-state index is 15.0. The van der Waals surface area contributed by atoms with E-state index in [2.05, 4.69) is 31.2 Å². The maximum Gasteiger partial charge on any atom is 0.271 e. The zero-order valence-electron chi connectivity index (χ0n) is 14.6. The number of hydrogen-bond acceptors (Lipinski definition) is 5. The first-order chi connectivity index (χ1) is 13.8. The van der Waals surface area contributed by atoms with Gasteiger partial charge in [-0.3, -0.25) is 4.79 Å². The molecular formula is C18H14BrCl2FN4O3. The zero-order chi connectivity index (χ0) is 21.1. The van der Waals surface area contributed by atoms with Gasteiger partial charge in [0.05, 0.1) is 4.47 Å². The van der Waals surface area contributed by atoms with E-state index in [1.54, 1.807) is 6.07 Å². The minimum atomic E-state index is -0.676. The quantitative estimate of drug-likeness (QED) is 0.372. The minimum absolute atomic E-state index is 0.0286. The van der Waals surface area contributed by atoms with Crippen LogP contribution in [-0.2, 0) is 13.2 Å². The summed E-state index contributed by atoms with van der Waals surface area (Å²) in [5.41, 5.74) is 6.24. The monoisotopic (exact) mass is 502 g/mol. The summed E-state index contributed by atoms with van der Waals surface area (Å²) in [6, 6.07) is 7.62. The first-order valence-electron chi connectivity index (χ1n) is 8.12. The van der Waals surface area contributed by atoms with Crippen molar-refractivity contribution in [3.05, 3.63) is 67.9 Å². The number of rotatable bonds is 6. The molecule has 7 nitrogen and oxygen atoms in total. The lowest BCUT2D eigenvalue weighted by molar-refractivity contribution is 0.0946. The van der Waals surface area contributed by atoms with Crippen LogP contribution in [0.25, 0.3) is 0 Å². The van der Waals surface area contributed by atoms with Crippen LogP contribution < -0.4 is 15.8 Å². The SMILES string of the molecule is Nc1cc(Cl)cc(Oc2c(Br)ccc(CNC(=O)c3[nH]c(CO)nc3Cl)c2F)c1. The van der Waals surface area contributed by atoms with Crippen molar-refractivity contribution in [3.8, 4) is 11.5 Å². The molecule has 0 bridgehead atoms. The first-order valence-corrected chi connectivity index (χ1v) is 9.67. The summed E-state index contributed by atoms with van der Waals surface area (Å²) in [6.45, 7) is -0.543. The van der Waals surface area contributed by atoms with Crippen molar-refractivity contribution in [2.24, 2.45) is 0 Å². The van der Waals surface area contributed by atoms with E-state index >= 15 is 0 Å². The molecule has 0 atom stereocenters. The number of halogens is 4. The van der Waals surface area contributed by atoms with Crippen molar-refractivity contribution >= 4 is 50.7 Å². The second kappa shape index (κ2) is 9.00. The summed E-state index contributed by atoms with van der Waals surface area (Å²) >= 11 is 15.0. The number of carbonyl (C=O) groups is 1. The number of hydrogen-bond donors (Lipinski definition) is 4. The Hall–Kier alpha value is -2.33. The molecule has 0 saturated heterocycles. The molecule has 1 amide bonds. The number of nitrogens with two attached hydrogens (primary N) is 1. The van der Waals surface area contributed by atoms with Crippen molar-refractivity contribution in [1.29, 1.82) is 0 Å². The third-order valence-corrected chi connectivity index (χ3v) is 4.88. The molecule has 152 valence electrons. The smallest absolute Gasteiger partial charge is 0.271 e. The summed E-state index contributed by atoms with van der Waals surface area (Å²) in [5, 5.41) is 11.8. The van der Waals surface area contributed by atoms with Crippen molar-refractivity contribution in [1.82, 2.24) is 15.3 Å². The highest BCUT2D eigenvalue weighted by molar-refractivity contribution is 9.10. The van der Waals surface area contributed by atoms with Crippen LogP contribution in [0.1, 0.15) is 21.9 Å². The van der Waals surface area contributed by atoms with Gasteiger partial charge < -0.3 is 25.9 Å². The number of ether oxygens (including phenoxy) is 1. The molecule has 2 aromatic carbocycles. The van der Waals surface area contributed by atoms with Crippen LogP contribution in [0.2, 0.25) is 10.2 Å². The molecule has 3 aromatic rings. The fourth-order valence-corrected chi connectivity index (χ4v) is 3.31. The Balaban J connectivity index is 1.79. The second-order valence-electron chi connectivity index (χ2n) is 5.86. The Bertz CT molecular complexity index is 1060. The number of aromatic amines is 1. The van der Waals surface area contributed by atoms with Crippen molar-refractivity contribution < 1.29 is 19.0 Å². The number of H-pyrrole nitrogens is 1. The maximum atomic E-state index is 15.0. The van der Waals surface area contributed by atoms with Gasteiger partial charge in [0.25, 0.3) is 5.91 Å². The normalized spacial score (nSPS) is 10.8. The lowest BCUT2D eigenvalue weighted by atomic mass is 10.2. The molecule has 29 heavy (non-hydrogen) atoms. The fraction of sp³-hybridized carbons (Fsp3) is 0.111. The van der Waals surface area contributed by atoms with Gasteiger partial charge in [0.1, 0.15) is 23.9 Å². The third kappa shape index (κ3) is 4.99. The molecule has 3 rings (SSSR count). The van der Waals surface area contributed by atoms with Gasteiger partial charge in [0, 0.05) is 28.9 Å². The van der Waals surface area contributed by atoms with Crippen LogP contribution in [0, 0.1) is 5.82 Å². The third-order valence-electron chi connectivity index (χ3n) is 3.77. The van der Waals surface area contributed by atoms with Gasteiger partial charge in [-0.05, 0) is 34.1 Å². The number of aliphatic hydroxyl groups excluding tert-OH is 1. The predicted molar refractivity (Wildman–Crippen MR) is 111 cm³/mol. The molecule has 1 heterocycles. The van der Waals surface area contributed by atoms with Crippen molar-refractivity contribution in [2.75, 3.05) is 5.73 Å². The number of imidazole rings is 1. The molecule has 0 aliphatic carbocycles. The molecule has 0 spiro atoms. The summed E-state index contributed by atoms with van der Waals surface area (Å²) in [4.78, 5) is 18.6. The van der Waals surface area contributed by atoms with Gasteiger partial charge in [0.2, 0.25) is 0 Å². The Labute approximate surface area is 183 Å². The van der Waals surface area contributed by atoms with Gasteiger partial charge in [-0.25, -0.2) is 9.37 Å². The Morgan fingerprint density at radius 3 is 2.76 bits per heavy atom. The highest BCUT2D eigenvalue weighted by Crippen LogP contribution is 2.35. The van der Waals surface area contributed by atoms with E-state index in [0.717, 1.165) is 0 Å². The van der Waals surface area contributed by atoms with E-state index in [1.807, 2.05) is 0 Å². The zero-order valence-corrected chi connectivity index (χ0v) is 17.7. The predicted octanol–water partition coefficient (Wildman–Crippen LogP) is 4.41. The van der Waals surface area contributed by atoms with Gasteiger partial charge in [0.15, 0.2) is 16.7 Å². The van der Waals surface area contributed by atoms with Gasteiger partial charge in [-0.15, -0.1) is 0 Å². The minimum Gasteiger partial charge on any atom is -0.453 e. The van der Waals surface area contributed by atoms with Crippen LogP contribution in [0.4, 0.5) is 10.1 Å². The van der Waals surface area contributed by atoms with E-state index in [4.69, 9.17) is 38.8 Å². The molecule has 0 aliphatic heterocycles. The summed E-state index contributed by atoms with van der Waals surface area (Å²) in [5.74, 6) is -0.955. The topological polar surface area (TPSA) is 113 Å². The van der Waals surface area contributed by atoms with E-state index in [1.165, 1.54) is 24.3 Å². The van der Waals surface area contributed by atoms with Crippen molar-refractivity contribution in [2.45, 2.75) is 13.2 Å². The lowest BCUT2D eigenvalue weighted by Crippen LogP contribution is -2.24. The Morgan fingerprint density at radius 2 is 2.10 bits per heavy atom. The largest absolute Gasteiger partial charge is 0.453 e. The van der Waals surface area contributed by atoms with E-state index in [9.17, 15) is 9.18 Å². The number of carbonyl (C=O) groups excluding carboxylic acids is 1. The highest BCUT2D eigenvalue weighted by Gasteiger charge is 2.18. The van der Waals surface area contributed by atoms with Crippen LogP contribution >= 0.6 is 39.1 Å². The average molecular weight is 504 g/mol. The molecule has 5 N–H and O–H groups in total. The number of nitrogens with one attached hydrogen (secondary N) is 2. The molecule has 0 fully saturated rings. The van der Waals surface area contributed by atoms with Crippen LogP contribution in [0.15, 0.2) is 34.8 Å². The molecular weight excluding hydrogens is 490 g/mol. The Kier molecular flexibility index (Phi) is 6.63.